The molecular formula is C15H19NO4. The molecule has 1 saturated heterocycles. The van der Waals surface area contributed by atoms with Crippen molar-refractivity contribution in [3.8, 4) is 0 Å². The van der Waals surface area contributed by atoms with Gasteiger partial charge in [0.15, 0.2) is 0 Å². The molecule has 1 aromatic rings. The van der Waals surface area contributed by atoms with Crippen LogP contribution in [0.25, 0.3) is 0 Å². The Morgan fingerprint density at radius 3 is 2.85 bits per heavy atom. The highest BCUT2D eigenvalue weighted by atomic mass is 16.5. The van der Waals surface area contributed by atoms with Crippen LogP contribution < -0.4 is 0 Å². The molecule has 108 valence electrons. The van der Waals surface area contributed by atoms with Crippen molar-refractivity contribution in [2.45, 2.75) is 31.8 Å². The van der Waals surface area contributed by atoms with Gasteiger partial charge in [0.2, 0.25) is 0 Å². The molecule has 0 spiro atoms. The second kappa shape index (κ2) is 5.63. The molecule has 1 aliphatic rings. The fourth-order valence-electron chi connectivity index (χ4n) is 2.75. The van der Waals surface area contributed by atoms with Crippen LogP contribution in [0, 0.1) is 0 Å². The van der Waals surface area contributed by atoms with E-state index in [4.69, 9.17) is 9.84 Å². The lowest BCUT2D eigenvalue weighted by Crippen LogP contribution is -2.48. The highest BCUT2D eigenvalue weighted by molar-refractivity contribution is 5.87. The maximum Gasteiger partial charge on any atom is 0.335 e. The van der Waals surface area contributed by atoms with Crippen LogP contribution in [-0.2, 0) is 16.1 Å². The molecule has 0 aromatic heterocycles. The van der Waals surface area contributed by atoms with Crippen LogP contribution in [-0.4, -0.2) is 41.1 Å². The Labute approximate surface area is 118 Å². The quantitative estimate of drug-likeness (QED) is 0.852. The Hall–Kier alpha value is -1.88. The van der Waals surface area contributed by atoms with Crippen LogP contribution in [0.3, 0.4) is 0 Å². The topological polar surface area (TPSA) is 66.8 Å². The molecule has 1 atom stereocenters. The van der Waals surface area contributed by atoms with E-state index in [1.807, 2.05) is 13.0 Å². The molecule has 5 heteroatoms. The van der Waals surface area contributed by atoms with Crippen molar-refractivity contribution < 1.29 is 19.4 Å². The monoisotopic (exact) mass is 277 g/mol. The first-order valence-corrected chi connectivity index (χ1v) is 6.63. The Morgan fingerprint density at radius 2 is 2.20 bits per heavy atom. The van der Waals surface area contributed by atoms with Crippen molar-refractivity contribution in [1.29, 1.82) is 0 Å². The molecule has 2 rings (SSSR count). The van der Waals surface area contributed by atoms with E-state index in [0.29, 0.717) is 6.54 Å². The first-order valence-electron chi connectivity index (χ1n) is 6.63. The van der Waals surface area contributed by atoms with Gasteiger partial charge >= 0.3 is 11.9 Å². The number of carboxylic acids is 1. The molecule has 1 aliphatic heterocycles. The van der Waals surface area contributed by atoms with Crippen LogP contribution in [0.1, 0.15) is 35.7 Å². The van der Waals surface area contributed by atoms with Crippen LogP contribution in [0.4, 0.5) is 0 Å². The summed E-state index contributed by atoms with van der Waals surface area (Å²) in [6.45, 7) is 3.24. The van der Waals surface area contributed by atoms with Gasteiger partial charge in [-0.1, -0.05) is 12.1 Å². The summed E-state index contributed by atoms with van der Waals surface area (Å²) in [6.07, 6.45) is 1.70. The summed E-state index contributed by atoms with van der Waals surface area (Å²) in [6, 6.07) is 6.82. The number of methoxy groups -OCH3 is 1. The summed E-state index contributed by atoms with van der Waals surface area (Å²) in [7, 11) is 1.40. The molecule has 0 amide bonds. The molecule has 0 bridgehead atoms. The summed E-state index contributed by atoms with van der Waals surface area (Å²) < 4.78 is 4.89. The molecule has 1 unspecified atom stereocenters. The van der Waals surface area contributed by atoms with Gasteiger partial charge < -0.3 is 9.84 Å². The third-order valence-corrected chi connectivity index (χ3v) is 3.96. The molecule has 0 radical (unpaired) electrons. The van der Waals surface area contributed by atoms with Gasteiger partial charge in [0.05, 0.1) is 12.7 Å². The van der Waals surface area contributed by atoms with Crippen molar-refractivity contribution in [3.63, 3.8) is 0 Å². The van der Waals surface area contributed by atoms with E-state index < -0.39 is 11.5 Å². The first-order chi connectivity index (χ1) is 9.47. The van der Waals surface area contributed by atoms with Gasteiger partial charge in [0.1, 0.15) is 5.54 Å². The lowest BCUT2D eigenvalue weighted by atomic mass is 9.98. The average Bonchev–Trinajstić information content (AvgIpc) is 2.81. The molecule has 1 heterocycles. The number of rotatable bonds is 4. The summed E-state index contributed by atoms with van der Waals surface area (Å²) in [5.74, 6) is -1.17. The zero-order chi connectivity index (χ0) is 14.8. The number of hydrogen-bond donors (Lipinski definition) is 1. The van der Waals surface area contributed by atoms with E-state index in [1.54, 1.807) is 18.2 Å². The smallest absolute Gasteiger partial charge is 0.335 e. The van der Waals surface area contributed by atoms with Gasteiger partial charge in [0.25, 0.3) is 0 Å². The molecule has 5 nitrogen and oxygen atoms in total. The standard InChI is InChI=1S/C15H19NO4/c1-15(14(19)20-2)7-4-8-16(15)10-11-5-3-6-12(9-11)13(17)18/h3,5-6,9H,4,7-8,10H2,1-2H3,(H,17,18). The zero-order valence-corrected chi connectivity index (χ0v) is 11.8. The molecule has 0 saturated carbocycles. The van der Waals surface area contributed by atoms with Crippen molar-refractivity contribution in [2.75, 3.05) is 13.7 Å². The molecule has 20 heavy (non-hydrogen) atoms. The number of likely N-dealkylation sites (tertiary alicyclic amines) is 1. The number of ether oxygens (including phenoxy) is 1. The number of benzene rings is 1. The van der Waals surface area contributed by atoms with Crippen LogP contribution >= 0.6 is 0 Å². The minimum atomic E-state index is -0.941. The van der Waals surface area contributed by atoms with E-state index in [2.05, 4.69) is 4.90 Å². The SMILES string of the molecule is COC(=O)C1(C)CCCN1Cc1cccc(C(=O)O)c1. The number of aromatic carboxylic acids is 1. The van der Waals surface area contributed by atoms with Gasteiger partial charge in [-0.3, -0.25) is 9.69 Å². The van der Waals surface area contributed by atoms with Crippen molar-refractivity contribution in [3.05, 3.63) is 35.4 Å². The molecule has 0 aliphatic carbocycles. The number of esters is 1. The van der Waals surface area contributed by atoms with E-state index in [9.17, 15) is 9.59 Å². The number of carbonyl (C=O) groups is 2. The molecular weight excluding hydrogens is 258 g/mol. The Bertz CT molecular complexity index is 528. The van der Waals surface area contributed by atoms with Gasteiger partial charge in [0, 0.05) is 6.54 Å². The number of hydrogen-bond acceptors (Lipinski definition) is 4. The zero-order valence-electron chi connectivity index (χ0n) is 11.8. The summed E-state index contributed by atoms with van der Waals surface area (Å²) >= 11 is 0. The highest BCUT2D eigenvalue weighted by Gasteiger charge is 2.43. The normalized spacial score (nSPS) is 22.7. The number of carboxylic acid groups (broad SMARTS) is 1. The lowest BCUT2D eigenvalue weighted by Gasteiger charge is -2.32. The first kappa shape index (κ1) is 14.5. The molecule has 1 N–H and O–H groups in total. The third kappa shape index (κ3) is 2.67. The van der Waals surface area contributed by atoms with Crippen molar-refractivity contribution in [1.82, 2.24) is 4.90 Å². The van der Waals surface area contributed by atoms with E-state index >= 15 is 0 Å². The van der Waals surface area contributed by atoms with Gasteiger partial charge in [-0.15, -0.1) is 0 Å². The predicted molar refractivity (Wildman–Crippen MR) is 73.5 cm³/mol. The lowest BCUT2D eigenvalue weighted by molar-refractivity contribution is -0.152. The average molecular weight is 277 g/mol. The Kier molecular flexibility index (Phi) is 4.09. The maximum absolute atomic E-state index is 12.0. The van der Waals surface area contributed by atoms with E-state index in [0.717, 1.165) is 24.9 Å². The minimum absolute atomic E-state index is 0.232. The van der Waals surface area contributed by atoms with Crippen molar-refractivity contribution in [2.24, 2.45) is 0 Å². The molecule has 1 fully saturated rings. The Balaban J connectivity index is 2.19. The maximum atomic E-state index is 12.0. The van der Waals surface area contributed by atoms with Crippen LogP contribution in [0.2, 0.25) is 0 Å². The van der Waals surface area contributed by atoms with Crippen LogP contribution in [0.15, 0.2) is 24.3 Å². The Morgan fingerprint density at radius 1 is 1.45 bits per heavy atom. The summed E-state index contributed by atoms with van der Waals surface area (Å²) in [5, 5.41) is 9.01. The predicted octanol–water partition coefficient (Wildman–Crippen LogP) is 1.91. The van der Waals surface area contributed by atoms with Gasteiger partial charge in [-0.2, -0.15) is 0 Å². The minimum Gasteiger partial charge on any atom is -0.478 e. The number of nitrogens with zero attached hydrogens (tertiary/aromatic N) is 1. The fraction of sp³-hybridized carbons (Fsp3) is 0.467. The van der Waals surface area contributed by atoms with E-state index in [1.165, 1.54) is 7.11 Å². The van der Waals surface area contributed by atoms with Gasteiger partial charge in [-0.25, -0.2) is 4.79 Å². The second-order valence-corrected chi connectivity index (χ2v) is 5.30. The largest absolute Gasteiger partial charge is 0.478 e. The summed E-state index contributed by atoms with van der Waals surface area (Å²) in [5.41, 5.74) is 0.539. The van der Waals surface area contributed by atoms with Gasteiger partial charge in [-0.05, 0) is 44.0 Å². The molecule has 1 aromatic carbocycles. The van der Waals surface area contributed by atoms with E-state index in [-0.39, 0.29) is 11.5 Å². The third-order valence-electron chi connectivity index (χ3n) is 3.96. The highest BCUT2D eigenvalue weighted by Crippen LogP contribution is 2.31. The summed E-state index contributed by atoms with van der Waals surface area (Å²) in [4.78, 5) is 25.0. The number of carbonyl (C=O) groups excluding carboxylic acids is 1. The fourth-order valence-corrected chi connectivity index (χ4v) is 2.75. The second-order valence-electron chi connectivity index (χ2n) is 5.30. The van der Waals surface area contributed by atoms with Crippen molar-refractivity contribution >= 4 is 11.9 Å². The van der Waals surface area contributed by atoms with Crippen LogP contribution in [0.5, 0.6) is 0 Å².